The van der Waals surface area contributed by atoms with Gasteiger partial charge in [0.2, 0.25) is 0 Å². The van der Waals surface area contributed by atoms with Crippen LogP contribution < -0.4 is 5.32 Å². The molecule has 0 spiro atoms. The summed E-state index contributed by atoms with van der Waals surface area (Å²) >= 11 is 6.30. The summed E-state index contributed by atoms with van der Waals surface area (Å²) in [6, 6.07) is 8.92. The number of anilines is 1. The van der Waals surface area contributed by atoms with E-state index in [0.29, 0.717) is 22.7 Å². The molecule has 0 atom stereocenters. The van der Waals surface area contributed by atoms with Crippen molar-refractivity contribution in [2.24, 2.45) is 13.0 Å². The number of benzene rings is 1. The van der Waals surface area contributed by atoms with E-state index in [1.54, 1.807) is 30.6 Å². The van der Waals surface area contributed by atoms with E-state index in [2.05, 4.69) is 10.3 Å². The van der Waals surface area contributed by atoms with Crippen molar-refractivity contribution in [2.75, 3.05) is 5.32 Å². The van der Waals surface area contributed by atoms with Crippen LogP contribution in [-0.4, -0.2) is 21.2 Å². The highest BCUT2D eigenvalue weighted by Gasteiger charge is 2.16. The number of rotatable bonds is 5. The molecule has 0 aliphatic carbocycles. The Kier molecular flexibility index (Phi) is 5.09. The van der Waals surface area contributed by atoms with Crippen molar-refractivity contribution < 1.29 is 9.59 Å². The lowest BCUT2D eigenvalue weighted by Gasteiger charge is -2.09. The zero-order chi connectivity index (χ0) is 18.8. The number of ketones is 1. The number of amides is 1. The summed E-state index contributed by atoms with van der Waals surface area (Å²) in [6.45, 7) is 3.75. The summed E-state index contributed by atoms with van der Waals surface area (Å²) < 4.78 is 1.81. The molecule has 1 amide bonds. The average molecular weight is 370 g/mol. The van der Waals surface area contributed by atoms with E-state index in [9.17, 15) is 9.59 Å². The Morgan fingerprint density at radius 2 is 2.04 bits per heavy atom. The maximum absolute atomic E-state index is 12.7. The number of hydrogen-bond donors (Lipinski definition) is 1. The smallest absolute Gasteiger partial charge is 0.257 e. The van der Waals surface area contributed by atoms with Crippen LogP contribution in [0.15, 0.2) is 42.7 Å². The standard InChI is InChI=1S/C20H20ClN3O2/c1-12(2)18(25)10-13-6-7-17(16(21)9-13)23-20(26)15-11-24(3)19-14(15)5-4-8-22-19/h4-9,11-12H,10H2,1-3H3,(H,23,26). The first-order chi connectivity index (χ1) is 12.4. The van der Waals surface area contributed by atoms with Gasteiger partial charge >= 0.3 is 0 Å². The first kappa shape index (κ1) is 18.1. The molecule has 2 aromatic heterocycles. The van der Waals surface area contributed by atoms with Crippen LogP contribution in [0.1, 0.15) is 29.8 Å². The van der Waals surface area contributed by atoms with Gasteiger partial charge in [0, 0.05) is 37.2 Å². The van der Waals surface area contributed by atoms with Crippen LogP contribution in [0.5, 0.6) is 0 Å². The Morgan fingerprint density at radius 1 is 1.27 bits per heavy atom. The monoisotopic (exact) mass is 369 g/mol. The van der Waals surface area contributed by atoms with Gasteiger partial charge in [-0.05, 0) is 29.8 Å². The summed E-state index contributed by atoms with van der Waals surface area (Å²) in [5.74, 6) is -0.120. The van der Waals surface area contributed by atoms with E-state index in [0.717, 1.165) is 16.6 Å². The second-order valence-corrected chi connectivity index (χ2v) is 7.00. The molecule has 0 aliphatic heterocycles. The van der Waals surface area contributed by atoms with Gasteiger partial charge in [0.05, 0.1) is 16.3 Å². The average Bonchev–Trinajstić information content (AvgIpc) is 2.94. The van der Waals surface area contributed by atoms with Crippen LogP contribution in [0.3, 0.4) is 0 Å². The third kappa shape index (κ3) is 3.63. The second-order valence-electron chi connectivity index (χ2n) is 6.59. The number of carbonyl (C=O) groups excluding carboxylic acids is 2. The Labute approximate surface area is 157 Å². The number of aromatic nitrogens is 2. The summed E-state index contributed by atoms with van der Waals surface area (Å²) in [5, 5.41) is 4.03. The SMILES string of the molecule is CC(C)C(=O)Cc1ccc(NC(=O)c2cn(C)c3ncccc23)c(Cl)c1. The van der Waals surface area contributed by atoms with Crippen molar-refractivity contribution in [3.05, 3.63) is 58.9 Å². The Balaban J connectivity index is 1.82. The molecule has 0 saturated heterocycles. The summed E-state index contributed by atoms with van der Waals surface area (Å²) in [4.78, 5) is 28.8. The fourth-order valence-electron chi connectivity index (χ4n) is 2.76. The molecule has 3 aromatic rings. The van der Waals surface area contributed by atoms with Gasteiger partial charge in [0.15, 0.2) is 0 Å². The number of nitrogens with one attached hydrogen (secondary N) is 1. The molecule has 5 nitrogen and oxygen atoms in total. The van der Waals surface area contributed by atoms with Crippen molar-refractivity contribution >= 4 is 40.0 Å². The lowest BCUT2D eigenvalue weighted by molar-refractivity contribution is -0.121. The van der Waals surface area contributed by atoms with Crippen LogP contribution in [0, 0.1) is 5.92 Å². The summed E-state index contributed by atoms with van der Waals surface area (Å²) in [6.07, 6.45) is 3.77. The number of Topliss-reactive ketones (excluding diaryl/α,β-unsaturated/α-hetero) is 1. The highest BCUT2D eigenvalue weighted by Crippen LogP contribution is 2.26. The van der Waals surface area contributed by atoms with Crippen LogP contribution in [0.4, 0.5) is 5.69 Å². The number of fused-ring (bicyclic) bond motifs is 1. The molecule has 1 N–H and O–H groups in total. The van der Waals surface area contributed by atoms with Crippen LogP contribution in [0.2, 0.25) is 5.02 Å². The Hall–Kier alpha value is -2.66. The highest BCUT2D eigenvalue weighted by molar-refractivity contribution is 6.34. The first-order valence-corrected chi connectivity index (χ1v) is 8.77. The minimum Gasteiger partial charge on any atom is -0.335 e. The molecule has 3 rings (SSSR count). The lowest BCUT2D eigenvalue weighted by Crippen LogP contribution is -2.13. The van der Waals surface area contributed by atoms with E-state index >= 15 is 0 Å². The van der Waals surface area contributed by atoms with E-state index in [4.69, 9.17) is 11.6 Å². The second kappa shape index (κ2) is 7.30. The van der Waals surface area contributed by atoms with Gasteiger partial charge in [-0.25, -0.2) is 4.98 Å². The van der Waals surface area contributed by atoms with Gasteiger partial charge in [-0.1, -0.05) is 31.5 Å². The topological polar surface area (TPSA) is 64.0 Å². The maximum atomic E-state index is 12.7. The van der Waals surface area contributed by atoms with Crippen molar-refractivity contribution in [3.63, 3.8) is 0 Å². The fourth-order valence-corrected chi connectivity index (χ4v) is 3.01. The van der Waals surface area contributed by atoms with Gasteiger partial charge in [-0.3, -0.25) is 9.59 Å². The zero-order valence-electron chi connectivity index (χ0n) is 14.9. The quantitative estimate of drug-likeness (QED) is 0.731. The molecule has 26 heavy (non-hydrogen) atoms. The van der Waals surface area contributed by atoms with Crippen molar-refractivity contribution in [3.8, 4) is 0 Å². The summed E-state index contributed by atoms with van der Waals surface area (Å²) in [5.41, 5.74) is 2.62. The molecule has 0 saturated carbocycles. The van der Waals surface area contributed by atoms with Crippen molar-refractivity contribution in [1.82, 2.24) is 9.55 Å². The number of carbonyl (C=O) groups is 2. The molecule has 2 heterocycles. The largest absolute Gasteiger partial charge is 0.335 e. The van der Waals surface area contributed by atoms with Gasteiger partial charge in [0.25, 0.3) is 5.91 Å². The number of hydrogen-bond acceptors (Lipinski definition) is 3. The lowest BCUT2D eigenvalue weighted by atomic mass is 10.0. The number of halogens is 1. The van der Waals surface area contributed by atoms with Crippen molar-refractivity contribution in [1.29, 1.82) is 0 Å². The molecule has 0 bridgehead atoms. The minimum atomic E-state index is -0.253. The van der Waals surface area contributed by atoms with Gasteiger partial charge < -0.3 is 9.88 Å². The minimum absolute atomic E-state index is 0.0203. The predicted octanol–water partition coefficient (Wildman–Crippen LogP) is 4.25. The normalized spacial score (nSPS) is 11.1. The maximum Gasteiger partial charge on any atom is 0.257 e. The molecular formula is C20H20ClN3O2. The summed E-state index contributed by atoms with van der Waals surface area (Å²) in [7, 11) is 1.85. The van der Waals surface area contributed by atoms with Crippen LogP contribution in [0.25, 0.3) is 11.0 Å². The molecule has 1 aromatic carbocycles. The predicted molar refractivity (Wildman–Crippen MR) is 104 cm³/mol. The molecule has 134 valence electrons. The van der Waals surface area contributed by atoms with Gasteiger partial charge in [0.1, 0.15) is 11.4 Å². The van der Waals surface area contributed by atoms with E-state index in [-0.39, 0.29) is 17.6 Å². The fraction of sp³-hybridized carbons (Fsp3) is 0.250. The number of nitrogens with zero attached hydrogens (tertiary/aromatic N) is 2. The molecule has 0 radical (unpaired) electrons. The van der Waals surface area contributed by atoms with Gasteiger partial charge in [-0.2, -0.15) is 0 Å². The molecule has 0 fully saturated rings. The van der Waals surface area contributed by atoms with Crippen molar-refractivity contribution in [2.45, 2.75) is 20.3 Å². The zero-order valence-corrected chi connectivity index (χ0v) is 15.7. The van der Waals surface area contributed by atoms with E-state index in [1.165, 1.54) is 0 Å². The van der Waals surface area contributed by atoms with E-state index in [1.807, 2.05) is 37.6 Å². The highest BCUT2D eigenvalue weighted by atomic mass is 35.5. The molecule has 0 aliphatic rings. The Bertz CT molecular complexity index is 992. The van der Waals surface area contributed by atoms with E-state index < -0.39 is 0 Å². The van der Waals surface area contributed by atoms with Crippen LogP contribution >= 0.6 is 11.6 Å². The molecule has 6 heteroatoms. The third-order valence-corrected chi connectivity index (χ3v) is 4.60. The first-order valence-electron chi connectivity index (χ1n) is 8.39. The van der Waals surface area contributed by atoms with Gasteiger partial charge in [-0.15, -0.1) is 0 Å². The van der Waals surface area contributed by atoms with Crippen LogP contribution in [-0.2, 0) is 18.3 Å². The third-order valence-electron chi connectivity index (χ3n) is 4.28. The number of pyridine rings is 1. The molecular weight excluding hydrogens is 350 g/mol. The number of aryl methyl sites for hydroxylation is 1. The molecule has 0 unspecified atom stereocenters. The Morgan fingerprint density at radius 3 is 2.73 bits per heavy atom.